The van der Waals surface area contributed by atoms with Gasteiger partial charge in [-0.2, -0.15) is 0 Å². The molecule has 1 aromatic rings. The molecule has 0 aliphatic heterocycles. The van der Waals surface area contributed by atoms with Crippen LogP contribution in [-0.2, 0) is 10.0 Å². The second-order valence-corrected chi connectivity index (χ2v) is 6.34. The number of nitrogen functional groups attached to an aromatic ring is 1. The molecule has 94 valence electrons. The molecule has 3 N–H and O–H groups in total. The van der Waals surface area contributed by atoms with E-state index in [-0.39, 0.29) is 17.1 Å². The Morgan fingerprint density at radius 1 is 1.59 bits per heavy atom. The van der Waals surface area contributed by atoms with Crippen LogP contribution in [0.5, 0.6) is 0 Å². The van der Waals surface area contributed by atoms with Crippen molar-refractivity contribution in [3.8, 4) is 0 Å². The standard InChI is InChI=1S/C10H12BrFN2O2S/c1-6-3-8(12)9(13)4-10(6)17(15,16)14-5-7(2)11/h3-4,14H,2,5,13H2,1H3. The summed E-state index contributed by atoms with van der Waals surface area (Å²) in [5.74, 6) is -0.633. The number of hydrogen-bond acceptors (Lipinski definition) is 3. The van der Waals surface area contributed by atoms with Gasteiger partial charge < -0.3 is 5.73 Å². The molecule has 0 heterocycles. The number of rotatable bonds is 4. The molecular formula is C10H12BrFN2O2S. The molecule has 0 saturated carbocycles. The summed E-state index contributed by atoms with van der Waals surface area (Å²) in [4.78, 5) is -0.0369. The SMILES string of the molecule is C=C(Br)CNS(=O)(=O)c1cc(N)c(F)cc1C. The lowest BCUT2D eigenvalue weighted by Gasteiger charge is -2.10. The van der Waals surface area contributed by atoms with Crippen molar-refractivity contribution in [2.75, 3.05) is 12.3 Å². The molecule has 0 aromatic heterocycles. The van der Waals surface area contributed by atoms with Crippen LogP contribution in [-0.4, -0.2) is 15.0 Å². The number of hydrogen-bond donors (Lipinski definition) is 2. The number of halogens is 2. The van der Waals surface area contributed by atoms with Crippen molar-refractivity contribution in [2.24, 2.45) is 0 Å². The van der Waals surface area contributed by atoms with Crippen LogP contribution in [0.25, 0.3) is 0 Å². The van der Waals surface area contributed by atoms with Gasteiger partial charge >= 0.3 is 0 Å². The van der Waals surface area contributed by atoms with Gasteiger partial charge in [-0.15, -0.1) is 0 Å². The van der Waals surface area contributed by atoms with E-state index in [1.54, 1.807) is 0 Å². The fraction of sp³-hybridized carbons (Fsp3) is 0.200. The highest BCUT2D eigenvalue weighted by molar-refractivity contribution is 9.11. The first-order valence-electron chi connectivity index (χ1n) is 4.62. The van der Waals surface area contributed by atoms with Crippen LogP contribution in [0, 0.1) is 12.7 Å². The zero-order valence-electron chi connectivity index (χ0n) is 9.13. The maximum Gasteiger partial charge on any atom is 0.241 e. The zero-order valence-corrected chi connectivity index (χ0v) is 11.5. The van der Waals surface area contributed by atoms with E-state index in [0.29, 0.717) is 10.0 Å². The quantitative estimate of drug-likeness (QED) is 0.832. The lowest BCUT2D eigenvalue weighted by molar-refractivity contribution is 0.584. The summed E-state index contributed by atoms with van der Waals surface area (Å²) >= 11 is 3.04. The van der Waals surface area contributed by atoms with E-state index in [9.17, 15) is 12.8 Å². The molecule has 7 heteroatoms. The van der Waals surface area contributed by atoms with Gasteiger partial charge in [0.15, 0.2) is 0 Å². The van der Waals surface area contributed by atoms with Crippen LogP contribution in [0.4, 0.5) is 10.1 Å². The number of aryl methyl sites for hydroxylation is 1. The fourth-order valence-corrected chi connectivity index (χ4v) is 2.82. The number of anilines is 1. The molecule has 0 radical (unpaired) electrons. The molecule has 0 saturated heterocycles. The monoisotopic (exact) mass is 322 g/mol. The molecule has 17 heavy (non-hydrogen) atoms. The van der Waals surface area contributed by atoms with Gasteiger partial charge in [0.25, 0.3) is 0 Å². The van der Waals surface area contributed by atoms with Gasteiger partial charge in [0, 0.05) is 11.0 Å². The summed E-state index contributed by atoms with van der Waals surface area (Å²) in [6.07, 6.45) is 0. The van der Waals surface area contributed by atoms with Crippen LogP contribution < -0.4 is 10.5 Å². The number of sulfonamides is 1. The number of nitrogens with one attached hydrogen (secondary N) is 1. The van der Waals surface area contributed by atoms with Crippen LogP contribution in [0.3, 0.4) is 0 Å². The van der Waals surface area contributed by atoms with E-state index in [2.05, 4.69) is 27.2 Å². The predicted molar refractivity (Wildman–Crippen MR) is 68.8 cm³/mol. The highest BCUT2D eigenvalue weighted by atomic mass is 79.9. The first-order valence-corrected chi connectivity index (χ1v) is 6.90. The normalized spacial score (nSPS) is 11.5. The summed E-state index contributed by atoms with van der Waals surface area (Å²) in [7, 11) is -3.71. The Hall–Kier alpha value is -0.920. The molecule has 0 spiro atoms. The molecule has 0 aliphatic rings. The van der Waals surface area contributed by atoms with Crippen LogP contribution >= 0.6 is 15.9 Å². The summed E-state index contributed by atoms with van der Waals surface area (Å²) < 4.78 is 39.6. The summed E-state index contributed by atoms with van der Waals surface area (Å²) in [6.45, 7) is 5.07. The van der Waals surface area contributed by atoms with Crippen LogP contribution in [0.15, 0.2) is 28.1 Å². The minimum Gasteiger partial charge on any atom is -0.396 e. The predicted octanol–water partition coefficient (Wildman–Crippen LogP) is 1.90. The van der Waals surface area contributed by atoms with Crippen molar-refractivity contribution in [2.45, 2.75) is 11.8 Å². The molecular weight excluding hydrogens is 311 g/mol. The molecule has 0 atom stereocenters. The maximum atomic E-state index is 13.1. The lowest BCUT2D eigenvalue weighted by atomic mass is 10.2. The third-order valence-electron chi connectivity index (χ3n) is 2.04. The number of benzene rings is 1. The van der Waals surface area contributed by atoms with Gasteiger partial charge in [0.05, 0.1) is 10.6 Å². The third-order valence-corrected chi connectivity index (χ3v) is 3.86. The minimum atomic E-state index is -3.71. The van der Waals surface area contributed by atoms with Gasteiger partial charge in [0.1, 0.15) is 5.82 Å². The highest BCUT2D eigenvalue weighted by Gasteiger charge is 2.18. The van der Waals surface area contributed by atoms with Crippen molar-refractivity contribution in [3.63, 3.8) is 0 Å². The average Bonchev–Trinajstić information content (AvgIpc) is 2.20. The fourth-order valence-electron chi connectivity index (χ4n) is 1.21. The molecule has 4 nitrogen and oxygen atoms in total. The summed E-state index contributed by atoms with van der Waals surface area (Å²) in [5.41, 5.74) is 5.44. The molecule has 1 aromatic carbocycles. The summed E-state index contributed by atoms with van der Waals surface area (Å²) in [5, 5.41) is 0. The van der Waals surface area contributed by atoms with Gasteiger partial charge in [-0.25, -0.2) is 17.5 Å². The van der Waals surface area contributed by atoms with E-state index in [1.165, 1.54) is 6.92 Å². The Bertz CT molecular complexity index is 558. The Morgan fingerprint density at radius 3 is 2.71 bits per heavy atom. The molecule has 0 unspecified atom stereocenters. The van der Waals surface area contributed by atoms with Gasteiger partial charge in [-0.1, -0.05) is 22.5 Å². The van der Waals surface area contributed by atoms with Crippen molar-refractivity contribution < 1.29 is 12.8 Å². The summed E-state index contributed by atoms with van der Waals surface area (Å²) in [6, 6.07) is 2.19. The topological polar surface area (TPSA) is 72.2 Å². The minimum absolute atomic E-state index is 0.0369. The number of nitrogens with two attached hydrogens (primary N) is 1. The third kappa shape index (κ3) is 3.52. The van der Waals surface area contributed by atoms with Gasteiger partial charge in [-0.05, 0) is 24.6 Å². The van der Waals surface area contributed by atoms with Crippen LogP contribution in [0.2, 0.25) is 0 Å². The van der Waals surface area contributed by atoms with Crippen molar-refractivity contribution in [3.05, 3.63) is 34.6 Å². The Morgan fingerprint density at radius 2 is 2.18 bits per heavy atom. The molecule has 0 fully saturated rings. The van der Waals surface area contributed by atoms with E-state index in [1.807, 2.05) is 0 Å². The first kappa shape index (κ1) is 14.1. The second kappa shape index (κ2) is 5.16. The Balaban J connectivity index is 3.15. The molecule has 1 rings (SSSR count). The molecule has 0 aliphatic carbocycles. The maximum absolute atomic E-state index is 13.1. The van der Waals surface area contributed by atoms with E-state index < -0.39 is 15.8 Å². The van der Waals surface area contributed by atoms with Crippen LogP contribution in [0.1, 0.15) is 5.56 Å². The van der Waals surface area contributed by atoms with Gasteiger partial charge in [0.2, 0.25) is 10.0 Å². The van der Waals surface area contributed by atoms with Crippen molar-refractivity contribution in [1.29, 1.82) is 0 Å². The smallest absolute Gasteiger partial charge is 0.241 e. The average molecular weight is 323 g/mol. The largest absolute Gasteiger partial charge is 0.396 e. The van der Waals surface area contributed by atoms with E-state index in [4.69, 9.17) is 5.73 Å². The van der Waals surface area contributed by atoms with Crippen molar-refractivity contribution >= 4 is 31.6 Å². The van der Waals surface area contributed by atoms with Crippen molar-refractivity contribution in [1.82, 2.24) is 4.72 Å². The lowest BCUT2D eigenvalue weighted by Crippen LogP contribution is -2.25. The molecule has 0 amide bonds. The highest BCUT2D eigenvalue weighted by Crippen LogP contribution is 2.21. The molecule has 0 bridgehead atoms. The zero-order chi connectivity index (χ0) is 13.2. The second-order valence-electron chi connectivity index (χ2n) is 3.48. The van der Waals surface area contributed by atoms with Gasteiger partial charge in [-0.3, -0.25) is 0 Å². The van der Waals surface area contributed by atoms with E-state index in [0.717, 1.165) is 12.1 Å². The first-order chi connectivity index (χ1) is 7.74. The Kier molecular flexibility index (Phi) is 4.29. The Labute approximate surface area is 108 Å². The van der Waals surface area contributed by atoms with E-state index >= 15 is 0 Å².